The Morgan fingerprint density at radius 1 is 0.675 bits per heavy atom. The number of pyridine rings is 1. The van der Waals surface area contributed by atoms with Crippen molar-refractivity contribution in [3.63, 3.8) is 0 Å². The van der Waals surface area contributed by atoms with Crippen LogP contribution in [0.15, 0.2) is 156 Å². The van der Waals surface area contributed by atoms with E-state index in [-0.39, 0.29) is 22.7 Å². The topological polar surface area (TPSA) is 47.3 Å². The molecule has 0 spiro atoms. The van der Waals surface area contributed by atoms with Gasteiger partial charge in [0, 0.05) is 58.3 Å². The summed E-state index contributed by atoms with van der Waals surface area (Å²) in [5.74, 6) is -0.490. The summed E-state index contributed by atoms with van der Waals surface area (Å²) >= 11 is 0. The number of Topliss-reactive ketones (excluding diaryl/α,β-unsaturated/α-hetero) is 1. The third kappa shape index (κ3) is 3.94. The molecule has 0 bridgehead atoms. The Morgan fingerprint density at radius 2 is 1.38 bits per heavy atom. The maximum absolute atomic E-state index is 13.4. The molecule has 1 aliphatic heterocycles. The lowest BCUT2D eigenvalue weighted by molar-refractivity contribution is -0.569. The van der Waals surface area contributed by atoms with Crippen molar-refractivity contribution < 1.29 is 14.5 Å². The molecule has 2 aliphatic rings. The molecule has 0 amide bonds. The lowest BCUT2D eigenvalue weighted by Gasteiger charge is -2.33. The average molecular weight is 517 g/mol. The molecule has 4 aromatic carbocycles. The molecular formula is C36H24N2O2. The van der Waals surface area contributed by atoms with E-state index in [9.17, 15) is 9.90 Å². The van der Waals surface area contributed by atoms with E-state index in [4.69, 9.17) is 0 Å². The third-order valence-electron chi connectivity index (χ3n) is 7.33. The highest BCUT2D eigenvalue weighted by Gasteiger charge is 2.29. The molecule has 0 unspecified atom stereocenters. The molecule has 2 heterocycles. The first-order chi connectivity index (χ1) is 19.7. The van der Waals surface area contributed by atoms with Gasteiger partial charge in [0.2, 0.25) is 16.9 Å². The molecule has 4 nitrogen and oxygen atoms in total. The number of hydrogen-bond donors (Lipinski definition) is 0. The number of fused-ring (bicyclic) bond motifs is 2. The van der Waals surface area contributed by atoms with Crippen LogP contribution >= 0.6 is 0 Å². The fraction of sp³-hybridized carbons (Fsp3) is 0. The van der Waals surface area contributed by atoms with E-state index < -0.39 is 0 Å². The molecule has 0 atom stereocenters. The van der Waals surface area contributed by atoms with Crippen LogP contribution in [-0.4, -0.2) is 5.78 Å². The van der Waals surface area contributed by atoms with Crippen molar-refractivity contribution >= 4 is 40.2 Å². The minimum Gasteiger partial charge on any atom is -0.871 e. The molecule has 4 heteroatoms. The second-order valence-electron chi connectivity index (χ2n) is 9.75. The maximum Gasteiger partial charge on any atom is 0.218 e. The van der Waals surface area contributed by atoms with Gasteiger partial charge < -0.3 is 10.0 Å². The minimum atomic E-state index is -0.245. The highest BCUT2D eigenvalue weighted by atomic mass is 16.3. The molecule has 40 heavy (non-hydrogen) atoms. The van der Waals surface area contributed by atoms with Gasteiger partial charge in [-0.15, -0.1) is 0 Å². The molecule has 5 aromatic rings. The van der Waals surface area contributed by atoms with Gasteiger partial charge in [0.15, 0.2) is 5.78 Å². The number of carbonyl (C=O) groups is 1. The summed E-state index contributed by atoms with van der Waals surface area (Å²) in [6.45, 7) is 0. The fourth-order valence-electron chi connectivity index (χ4n) is 5.39. The second-order valence-corrected chi connectivity index (χ2v) is 9.75. The van der Waals surface area contributed by atoms with E-state index in [1.54, 1.807) is 12.2 Å². The summed E-state index contributed by atoms with van der Waals surface area (Å²) in [6, 6.07) is 40.1. The molecule has 0 saturated heterocycles. The summed E-state index contributed by atoms with van der Waals surface area (Å²) < 4.78 is 2.08. The third-order valence-corrected chi connectivity index (χ3v) is 7.33. The molecule has 0 radical (unpaired) electrons. The normalized spacial score (nSPS) is 16.5. The van der Waals surface area contributed by atoms with Crippen LogP contribution in [0, 0.1) is 0 Å². The highest BCUT2D eigenvalue weighted by Crippen LogP contribution is 2.39. The summed E-state index contributed by atoms with van der Waals surface area (Å²) in [5, 5.41) is 14.5. The van der Waals surface area contributed by atoms with E-state index in [1.807, 2.05) is 121 Å². The SMILES string of the molecule is O=C1C(/C=C2\C=Cc3ccccc3N2c2ccccc2)=C([O-])C/1=C/c1ccc2ccccc2[n+]1-c1ccccc1. The number of ketones is 1. The predicted molar refractivity (Wildman–Crippen MR) is 158 cm³/mol. The minimum absolute atomic E-state index is 0.193. The van der Waals surface area contributed by atoms with Gasteiger partial charge in [-0.1, -0.05) is 78.6 Å². The van der Waals surface area contributed by atoms with E-state index in [0.717, 1.165) is 44.9 Å². The standard InChI is InChI=1S/C36H24N2O2/c39-35-31(23-29-21-19-25-11-7-9-17-33(25)37(29)27-13-3-1-4-14-27)36(40)32(35)24-30-22-20-26-12-8-10-18-34(26)38(30)28-15-5-2-6-16-28/h1-24H. The lowest BCUT2D eigenvalue weighted by atomic mass is 9.86. The molecule has 190 valence electrons. The smallest absolute Gasteiger partial charge is 0.218 e. The molecule has 0 saturated carbocycles. The van der Waals surface area contributed by atoms with E-state index in [0.29, 0.717) is 0 Å². The Balaban J connectivity index is 1.33. The number of aromatic nitrogens is 1. The first-order valence-corrected chi connectivity index (χ1v) is 13.2. The maximum atomic E-state index is 13.4. The van der Waals surface area contributed by atoms with Crippen molar-refractivity contribution in [2.45, 2.75) is 0 Å². The van der Waals surface area contributed by atoms with Crippen LogP contribution in [-0.2, 0) is 4.79 Å². The van der Waals surface area contributed by atoms with E-state index in [2.05, 4.69) is 21.6 Å². The first-order valence-electron chi connectivity index (χ1n) is 13.2. The molecule has 0 fully saturated rings. The monoisotopic (exact) mass is 516 g/mol. The Bertz CT molecular complexity index is 1920. The van der Waals surface area contributed by atoms with Gasteiger partial charge in [0.05, 0.1) is 5.69 Å². The summed E-state index contributed by atoms with van der Waals surface area (Å²) in [6.07, 6.45) is 7.40. The predicted octanol–water partition coefficient (Wildman–Crippen LogP) is 6.45. The Kier molecular flexibility index (Phi) is 5.72. The van der Waals surface area contributed by atoms with Gasteiger partial charge in [-0.3, -0.25) is 4.79 Å². The molecule has 7 rings (SSSR count). The average Bonchev–Trinajstić information content (AvgIpc) is 3.02. The van der Waals surface area contributed by atoms with Crippen molar-refractivity contribution in [2.75, 3.05) is 4.90 Å². The number of nitrogens with zero attached hydrogens (tertiary/aromatic N) is 2. The van der Waals surface area contributed by atoms with Crippen LogP contribution < -0.4 is 14.6 Å². The van der Waals surface area contributed by atoms with Crippen molar-refractivity contribution in [2.24, 2.45) is 0 Å². The van der Waals surface area contributed by atoms with Crippen LogP contribution in [0.4, 0.5) is 11.4 Å². The fourth-order valence-corrected chi connectivity index (χ4v) is 5.39. The highest BCUT2D eigenvalue weighted by molar-refractivity contribution is 6.23. The number of rotatable bonds is 4. The van der Waals surface area contributed by atoms with Crippen molar-refractivity contribution in [1.29, 1.82) is 0 Å². The summed E-state index contributed by atoms with van der Waals surface area (Å²) in [7, 11) is 0. The number of para-hydroxylation sites is 4. The van der Waals surface area contributed by atoms with Crippen molar-refractivity contribution in [1.82, 2.24) is 0 Å². The van der Waals surface area contributed by atoms with Crippen LogP contribution in [0.25, 0.3) is 28.7 Å². The molecular weight excluding hydrogens is 492 g/mol. The zero-order valence-corrected chi connectivity index (χ0v) is 21.6. The van der Waals surface area contributed by atoms with Gasteiger partial charge in [-0.05, 0) is 48.0 Å². The number of carbonyl (C=O) groups excluding carboxylic acids is 1. The number of hydrogen-bond acceptors (Lipinski definition) is 3. The Morgan fingerprint density at radius 3 is 2.17 bits per heavy atom. The van der Waals surface area contributed by atoms with E-state index in [1.165, 1.54) is 0 Å². The zero-order chi connectivity index (χ0) is 27.1. The van der Waals surface area contributed by atoms with Gasteiger partial charge in [-0.2, -0.15) is 4.57 Å². The Hall–Kier alpha value is -5.48. The quantitative estimate of drug-likeness (QED) is 0.204. The number of benzene rings is 4. The lowest BCUT2D eigenvalue weighted by Crippen LogP contribution is -2.36. The molecule has 1 aliphatic carbocycles. The number of allylic oxidation sites excluding steroid dienone is 4. The first kappa shape index (κ1) is 23.6. The van der Waals surface area contributed by atoms with Crippen LogP contribution in [0.1, 0.15) is 11.3 Å². The van der Waals surface area contributed by atoms with Gasteiger partial charge >= 0.3 is 0 Å². The largest absolute Gasteiger partial charge is 0.871 e. The molecule has 0 N–H and O–H groups in total. The van der Waals surface area contributed by atoms with Crippen LogP contribution in [0.5, 0.6) is 0 Å². The van der Waals surface area contributed by atoms with Crippen molar-refractivity contribution in [3.05, 3.63) is 167 Å². The summed E-state index contributed by atoms with van der Waals surface area (Å²) in [4.78, 5) is 15.5. The van der Waals surface area contributed by atoms with Crippen LogP contribution in [0.2, 0.25) is 0 Å². The van der Waals surface area contributed by atoms with Gasteiger partial charge in [0.25, 0.3) is 0 Å². The zero-order valence-electron chi connectivity index (χ0n) is 21.6. The summed E-state index contributed by atoms with van der Waals surface area (Å²) in [5.41, 5.74) is 6.91. The second kappa shape index (κ2) is 9.68. The van der Waals surface area contributed by atoms with Crippen LogP contribution in [0.3, 0.4) is 0 Å². The van der Waals surface area contributed by atoms with Crippen molar-refractivity contribution in [3.8, 4) is 5.69 Å². The number of anilines is 2. The van der Waals surface area contributed by atoms with Gasteiger partial charge in [-0.25, -0.2) is 0 Å². The van der Waals surface area contributed by atoms with Gasteiger partial charge in [0.1, 0.15) is 0 Å². The van der Waals surface area contributed by atoms with E-state index >= 15 is 0 Å². The Labute approximate surface area is 232 Å². The molecule has 1 aromatic heterocycles.